The molecule has 0 saturated carbocycles. The zero-order valence-electron chi connectivity index (χ0n) is 8.23. The third kappa shape index (κ3) is 3.87. The molecule has 0 aromatic carbocycles. The Morgan fingerprint density at radius 1 is 1.27 bits per heavy atom. The molecule has 0 bridgehead atoms. The molecule has 0 unspecified atom stereocenters. The fourth-order valence-corrected chi connectivity index (χ4v) is 0.978. The minimum absolute atomic E-state index is 0.204. The van der Waals surface area contributed by atoms with Crippen LogP contribution in [0.5, 0.6) is 0 Å². The van der Waals surface area contributed by atoms with Gasteiger partial charge in [-0.05, 0) is 30.9 Å². The molecule has 0 atom stereocenters. The van der Waals surface area contributed by atoms with Crippen LogP contribution in [0.3, 0.4) is 0 Å². The molecule has 0 fully saturated rings. The van der Waals surface area contributed by atoms with Crippen LogP contribution in [0.1, 0.15) is 34.6 Å². The fourth-order valence-electron chi connectivity index (χ4n) is 0.978. The van der Waals surface area contributed by atoms with E-state index < -0.39 is 0 Å². The van der Waals surface area contributed by atoms with Crippen LogP contribution >= 0.6 is 0 Å². The Kier molecular flexibility index (Phi) is 3.37. The first-order valence-corrected chi connectivity index (χ1v) is 3.98. The van der Waals surface area contributed by atoms with E-state index in [2.05, 4.69) is 26.8 Å². The molecule has 1 nitrogen and oxygen atoms in total. The second kappa shape index (κ2) is 3.61. The minimum Gasteiger partial charge on any atom is -0.402 e. The number of hydrogen-bond donors (Lipinski definition) is 1. The molecule has 0 aromatic heterocycles. The largest absolute Gasteiger partial charge is 0.402 e. The van der Waals surface area contributed by atoms with E-state index >= 15 is 0 Å². The van der Waals surface area contributed by atoms with E-state index in [0.717, 1.165) is 5.70 Å². The number of allylic oxidation sites excluding steroid dienone is 4. The SMILES string of the molecule is C/C=C(\C=C(\C)N)C(C)(C)C. The Morgan fingerprint density at radius 3 is 1.82 bits per heavy atom. The lowest BCUT2D eigenvalue weighted by Crippen LogP contribution is -2.08. The lowest BCUT2D eigenvalue weighted by Gasteiger charge is -2.20. The number of hydrogen-bond acceptors (Lipinski definition) is 1. The lowest BCUT2D eigenvalue weighted by atomic mass is 9.86. The van der Waals surface area contributed by atoms with Gasteiger partial charge in [-0.25, -0.2) is 0 Å². The van der Waals surface area contributed by atoms with E-state index in [1.54, 1.807) is 0 Å². The topological polar surface area (TPSA) is 26.0 Å². The van der Waals surface area contributed by atoms with Crippen molar-refractivity contribution in [2.45, 2.75) is 34.6 Å². The Bertz CT molecular complexity index is 176. The summed E-state index contributed by atoms with van der Waals surface area (Å²) in [7, 11) is 0. The van der Waals surface area contributed by atoms with E-state index in [1.807, 2.05) is 19.9 Å². The highest BCUT2D eigenvalue weighted by molar-refractivity contribution is 5.26. The highest BCUT2D eigenvalue weighted by Crippen LogP contribution is 2.26. The molecule has 64 valence electrons. The third-order valence-electron chi connectivity index (χ3n) is 1.56. The predicted molar refractivity (Wildman–Crippen MR) is 51.2 cm³/mol. The quantitative estimate of drug-likeness (QED) is 0.576. The van der Waals surface area contributed by atoms with Gasteiger partial charge in [0.15, 0.2) is 0 Å². The summed E-state index contributed by atoms with van der Waals surface area (Å²) < 4.78 is 0. The average molecular weight is 153 g/mol. The van der Waals surface area contributed by atoms with Crippen molar-refractivity contribution in [2.75, 3.05) is 0 Å². The van der Waals surface area contributed by atoms with Crippen molar-refractivity contribution >= 4 is 0 Å². The highest BCUT2D eigenvalue weighted by atomic mass is 14.5. The van der Waals surface area contributed by atoms with Gasteiger partial charge in [-0.15, -0.1) is 0 Å². The van der Waals surface area contributed by atoms with Crippen LogP contribution in [0, 0.1) is 5.41 Å². The van der Waals surface area contributed by atoms with E-state index in [4.69, 9.17) is 5.73 Å². The van der Waals surface area contributed by atoms with Crippen molar-refractivity contribution in [1.29, 1.82) is 0 Å². The number of nitrogens with two attached hydrogens (primary N) is 1. The van der Waals surface area contributed by atoms with Crippen molar-refractivity contribution in [3.05, 3.63) is 23.4 Å². The van der Waals surface area contributed by atoms with Crippen LogP contribution in [-0.4, -0.2) is 0 Å². The zero-order chi connectivity index (χ0) is 9.07. The van der Waals surface area contributed by atoms with Gasteiger partial charge in [0.2, 0.25) is 0 Å². The van der Waals surface area contributed by atoms with Crippen LogP contribution < -0.4 is 5.73 Å². The molecule has 11 heavy (non-hydrogen) atoms. The van der Waals surface area contributed by atoms with E-state index in [0.29, 0.717) is 0 Å². The fraction of sp³-hybridized carbons (Fsp3) is 0.600. The van der Waals surface area contributed by atoms with E-state index in [9.17, 15) is 0 Å². The maximum atomic E-state index is 5.59. The van der Waals surface area contributed by atoms with Gasteiger partial charge in [0.05, 0.1) is 0 Å². The first kappa shape index (κ1) is 10.3. The van der Waals surface area contributed by atoms with Gasteiger partial charge in [0.25, 0.3) is 0 Å². The van der Waals surface area contributed by atoms with Crippen LogP contribution in [0.4, 0.5) is 0 Å². The third-order valence-corrected chi connectivity index (χ3v) is 1.56. The van der Waals surface area contributed by atoms with Gasteiger partial charge < -0.3 is 5.73 Å². The molecule has 0 aliphatic rings. The first-order chi connectivity index (χ1) is 4.88. The Labute approximate surface area is 70.0 Å². The minimum atomic E-state index is 0.204. The second-order valence-corrected chi connectivity index (χ2v) is 3.88. The van der Waals surface area contributed by atoms with Crippen LogP contribution in [-0.2, 0) is 0 Å². The van der Waals surface area contributed by atoms with Crippen molar-refractivity contribution in [2.24, 2.45) is 11.1 Å². The molecular formula is C10H19N. The molecule has 0 rings (SSSR count). The monoisotopic (exact) mass is 153 g/mol. The second-order valence-electron chi connectivity index (χ2n) is 3.88. The van der Waals surface area contributed by atoms with Crippen molar-refractivity contribution in [1.82, 2.24) is 0 Å². The molecule has 0 radical (unpaired) electrons. The van der Waals surface area contributed by atoms with Crippen molar-refractivity contribution in [3.63, 3.8) is 0 Å². The first-order valence-electron chi connectivity index (χ1n) is 3.98. The average Bonchev–Trinajstić information content (AvgIpc) is 1.79. The summed E-state index contributed by atoms with van der Waals surface area (Å²) in [4.78, 5) is 0. The Morgan fingerprint density at radius 2 is 1.73 bits per heavy atom. The highest BCUT2D eigenvalue weighted by Gasteiger charge is 2.13. The van der Waals surface area contributed by atoms with Crippen LogP contribution in [0.2, 0.25) is 0 Å². The van der Waals surface area contributed by atoms with Gasteiger partial charge in [-0.1, -0.05) is 26.8 Å². The maximum Gasteiger partial charge on any atom is 0.00517 e. The molecule has 0 aliphatic carbocycles. The summed E-state index contributed by atoms with van der Waals surface area (Å²) in [5.74, 6) is 0. The summed E-state index contributed by atoms with van der Waals surface area (Å²) in [5, 5.41) is 0. The van der Waals surface area contributed by atoms with Crippen molar-refractivity contribution in [3.8, 4) is 0 Å². The summed E-state index contributed by atoms with van der Waals surface area (Å²) >= 11 is 0. The van der Waals surface area contributed by atoms with Gasteiger partial charge in [0, 0.05) is 5.70 Å². The maximum absolute atomic E-state index is 5.59. The standard InChI is InChI=1S/C10H19N/c1-6-9(7-8(2)11)10(3,4)5/h6-7H,11H2,1-5H3/b8-7-,9-6+. The van der Waals surface area contributed by atoms with Gasteiger partial charge in [-0.3, -0.25) is 0 Å². The predicted octanol–water partition coefficient (Wildman–Crippen LogP) is 2.84. The Balaban J connectivity index is 4.60. The lowest BCUT2D eigenvalue weighted by molar-refractivity contribution is 0.515. The van der Waals surface area contributed by atoms with Gasteiger partial charge >= 0.3 is 0 Å². The number of rotatable bonds is 1. The van der Waals surface area contributed by atoms with E-state index in [1.165, 1.54) is 5.57 Å². The van der Waals surface area contributed by atoms with E-state index in [-0.39, 0.29) is 5.41 Å². The molecule has 0 amide bonds. The van der Waals surface area contributed by atoms with Gasteiger partial charge in [-0.2, -0.15) is 0 Å². The van der Waals surface area contributed by atoms with Crippen LogP contribution in [0.15, 0.2) is 23.4 Å². The Hall–Kier alpha value is -0.720. The molecule has 0 saturated heterocycles. The smallest absolute Gasteiger partial charge is 0.00517 e. The zero-order valence-corrected chi connectivity index (χ0v) is 8.23. The van der Waals surface area contributed by atoms with Gasteiger partial charge in [0.1, 0.15) is 0 Å². The summed E-state index contributed by atoms with van der Waals surface area (Å²) in [6.45, 7) is 10.5. The molecule has 1 heteroatoms. The molecule has 0 spiro atoms. The molecular weight excluding hydrogens is 134 g/mol. The summed E-state index contributed by atoms with van der Waals surface area (Å²) in [6.07, 6.45) is 4.14. The molecule has 2 N–H and O–H groups in total. The van der Waals surface area contributed by atoms with Crippen LogP contribution in [0.25, 0.3) is 0 Å². The molecule has 0 aromatic rings. The normalized spacial score (nSPS) is 15.4. The molecule has 0 heterocycles. The summed E-state index contributed by atoms with van der Waals surface area (Å²) in [5.41, 5.74) is 7.95. The summed E-state index contributed by atoms with van der Waals surface area (Å²) in [6, 6.07) is 0. The molecule has 0 aliphatic heterocycles. The van der Waals surface area contributed by atoms with Crippen molar-refractivity contribution < 1.29 is 0 Å².